The second-order valence-corrected chi connectivity index (χ2v) is 10.4. The Bertz CT molecular complexity index is 1310. The Morgan fingerprint density at radius 3 is 2.09 bits per heavy atom. The van der Waals surface area contributed by atoms with E-state index in [1.807, 2.05) is 24.3 Å². The number of H-pyrrole nitrogens is 1. The monoisotopic (exact) mass is 617 g/mol. The average molecular weight is 618 g/mol. The number of guanidine groups is 1. The number of aliphatic carboxylic acids is 2. The van der Waals surface area contributed by atoms with Crippen molar-refractivity contribution >= 4 is 46.5 Å². The van der Waals surface area contributed by atoms with Gasteiger partial charge in [0.2, 0.25) is 17.7 Å². The lowest BCUT2D eigenvalue weighted by molar-refractivity contribution is -0.142. The molecule has 0 radical (unpaired) electrons. The summed E-state index contributed by atoms with van der Waals surface area (Å²) in [6, 6.07) is 2.57. The van der Waals surface area contributed by atoms with Crippen LogP contribution in [0.1, 0.15) is 50.5 Å². The molecule has 4 atom stereocenters. The number of fused-ring (bicyclic) bond motifs is 1. The summed E-state index contributed by atoms with van der Waals surface area (Å²) < 4.78 is 0. The van der Waals surface area contributed by atoms with E-state index in [0.29, 0.717) is 19.4 Å². The van der Waals surface area contributed by atoms with Crippen LogP contribution in [0.15, 0.2) is 35.5 Å². The van der Waals surface area contributed by atoms with E-state index < -0.39 is 60.2 Å². The minimum Gasteiger partial charge on any atom is -0.481 e. The van der Waals surface area contributed by atoms with Crippen LogP contribution in [0.5, 0.6) is 0 Å². The van der Waals surface area contributed by atoms with Crippen molar-refractivity contribution in [3.8, 4) is 0 Å². The van der Waals surface area contributed by atoms with E-state index in [9.17, 15) is 34.2 Å². The van der Waals surface area contributed by atoms with Gasteiger partial charge in [0.25, 0.3) is 0 Å². The summed E-state index contributed by atoms with van der Waals surface area (Å²) in [5.74, 6) is -4.93. The van der Waals surface area contributed by atoms with Gasteiger partial charge in [-0.3, -0.25) is 24.2 Å². The van der Waals surface area contributed by atoms with Gasteiger partial charge in [0.15, 0.2) is 5.96 Å². The highest BCUT2D eigenvalue weighted by atomic mass is 16.4. The van der Waals surface area contributed by atoms with Crippen LogP contribution < -0.4 is 38.9 Å². The molecule has 14 N–H and O–H groups in total. The first-order valence-corrected chi connectivity index (χ1v) is 14.3. The zero-order valence-electron chi connectivity index (χ0n) is 24.5. The first-order chi connectivity index (χ1) is 20.9. The number of nitrogens with one attached hydrogen (secondary N) is 4. The molecule has 1 heterocycles. The SMILES string of the molecule is NCCCCC(NC(=O)C(CCCN=C(N)N)NC(=O)C(CCC(=O)O)NC(=O)C(N)Cc1c[nH]c2ccccc12)C(=O)O. The average Bonchev–Trinajstić information content (AvgIpc) is 3.38. The second kappa shape index (κ2) is 18.1. The fourth-order valence-corrected chi connectivity index (χ4v) is 4.51. The van der Waals surface area contributed by atoms with Crippen LogP contribution in [0.2, 0.25) is 0 Å². The second-order valence-electron chi connectivity index (χ2n) is 10.4. The van der Waals surface area contributed by atoms with Crippen molar-refractivity contribution < 1.29 is 34.2 Å². The van der Waals surface area contributed by atoms with Crippen LogP contribution in [0.25, 0.3) is 10.9 Å². The number of nitrogens with zero attached hydrogens (tertiary/aromatic N) is 1. The van der Waals surface area contributed by atoms with Crippen molar-refractivity contribution in [3.05, 3.63) is 36.0 Å². The number of rotatable bonds is 20. The number of carbonyl (C=O) groups is 5. The van der Waals surface area contributed by atoms with Gasteiger partial charge in [-0.05, 0) is 63.1 Å². The van der Waals surface area contributed by atoms with Crippen LogP contribution in [0.3, 0.4) is 0 Å². The van der Waals surface area contributed by atoms with Gasteiger partial charge < -0.3 is 54.1 Å². The lowest BCUT2D eigenvalue weighted by Crippen LogP contribution is -2.57. The minimum absolute atomic E-state index is 0.0170. The van der Waals surface area contributed by atoms with Crippen molar-refractivity contribution in [2.45, 2.75) is 75.5 Å². The maximum absolute atomic E-state index is 13.3. The molecule has 2 rings (SSSR count). The fourth-order valence-electron chi connectivity index (χ4n) is 4.51. The highest BCUT2D eigenvalue weighted by Gasteiger charge is 2.30. The number of carbonyl (C=O) groups excluding carboxylic acids is 3. The Morgan fingerprint density at radius 2 is 1.45 bits per heavy atom. The number of carboxylic acids is 2. The smallest absolute Gasteiger partial charge is 0.326 e. The Kier molecular flexibility index (Phi) is 14.6. The molecule has 0 saturated carbocycles. The molecule has 242 valence electrons. The maximum Gasteiger partial charge on any atom is 0.326 e. The van der Waals surface area contributed by atoms with E-state index in [4.69, 9.17) is 22.9 Å². The van der Waals surface area contributed by atoms with Crippen LogP contribution in [0, 0.1) is 0 Å². The van der Waals surface area contributed by atoms with Crippen molar-refractivity contribution in [2.75, 3.05) is 13.1 Å². The van der Waals surface area contributed by atoms with Crippen molar-refractivity contribution in [1.29, 1.82) is 0 Å². The Morgan fingerprint density at radius 1 is 0.841 bits per heavy atom. The molecule has 0 saturated heterocycles. The van der Waals surface area contributed by atoms with Gasteiger partial charge >= 0.3 is 11.9 Å². The molecule has 16 nitrogen and oxygen atoms in total. The van der Waals surface area contributed by atoms with Crippen molar-refractivity contribution in [1.82, 2.24) is 20.9 Å². The predicted octanol–water partition coefficient (Wildman–Crippen LogP) is -1.38. The zero-order valence-corrected chi connectivity index (χ0v) is 24.5. The fraction of sp³-hybridized carbons (Fsp3) is 0.500. The predicted molar refractivity (Wildman–Crippen MR) is 163 cm³/mol. The molecular formula is C28H43N9O7. The van der Waals surface area contributed by atoms with Crippen molar-refractivity contribution in [3.63, 3.8) is 0 Å². The number of nitrogens with two attached hydrogens (primary N) is 4. The summed E-state index contributed by atoms with van der Waals surface area (Å²) in [7, 11) is 0. The van der Waals surface area contributed by atoms with Gasteiger partial charge in [-0.15, -0.1) is 0 Å². The zero-order chi connectivity index (χ0) is 32.6. The molecule has 0 aliphatic heterocycles. The number of benzene rings is 1. The number of amides is 3. The number of aliphatic imine (C=N–C) groups is 1. The minimum atomic E-state index is -1.35. The first kappa shape index (κ1) is 35.5. The molecule has 0 fully saturated rings. The van der Waals surface area contributed by atoms with E-state index in [-0.39, 0.29) is 44.6 Å². The molecule has 16 heteroatoms. The quantitative estimate of drug-likeness (QED) is 0.0469. The van der Waals surface area contributed by atoms with Crippen LogP contribution in [0.4, 0.5) is 0 Å². The highest BCUT2D eigenvalue weighted by Crippen LogP contribution is 2.19. The van der Waals surface area contributed by atoms with Gasteiger partial charge in [0, 0.05) is 30.1 Å². The Balaban J connectivity index is 2.17. The molecule has 2 aromatic rings. The van der Waals surface area contributed by atoms with Gasteiger partial charge in [-0.1, -0.05) is 18.2 Å². The van der Waals surface area contributed by atoms with E-state index in [2.05, 4.69) is 25.9 Å². The number of hydrogen-bond donors (Lipinski definition) is 10. The number of unbranched alkanes of at least 4 members (excludes halogenated alkanes) is 1. The van der Waals surface area contributed by atoms with Crippen LogP contribution >= 0.6 is 0 Å². The van der Waals surface area contributed by atoms with Gasteiger partial charge in [-0.2, -0.15) is 0 Å². The van der Waals surface area contributed by atoms with Gasteiger partial charge in [-0.25, -0.2) is 4.79 Å². The molecule has 0 spiro atoms. The summed E-state index contributed by atoms with van der Waals surface area (Å²) in [6.45, 7) is 0.487. The van der Waals surface area contributed by atoms with E-state index in [1.54, 1.807) is 6.20 Å². The Labute approximate surface area is 254 Å². The summed E-state index contributed by atoms with van der Waals surface area (Å²) in [5, 5.41) is 27.2. The van der Waals surface area contributed by atoms with Gasteiger partial charge in [0.05, 0.1) is 6.04 Å². The third-order valence-electron chi connectivity index (χ3n) is 6.87. The topological polar surface area (TPSA) is 294 Å². The molecule has 0 bridgehead atoms. The summed E-state index contributed by atoms with van der Waals surface area (Å²) in [4.78, 5) is 69.5. The molecular weight excluding hydrogens is 574 g/mol. The normalized spacial score (nSPS) is 13.7. The molecule has 1 aromatic heterocycles. The van der Waals surface area contributed by atoms with E-state index in [1.165, 1.54) is 0 Å². The number of carboxylic acid groups (broad SMARTS) is 2. The van der Waals surface area contributed by atoms with Crippen LogP contribution in [-0.4, -0.2) is 88.1 Å². The molecule has 0 aliphatic carbocycles. The number of aromatic amines is 1. The molecule has 44 heavy (non-hydrogen) atoms. The summed E-state index contributed by atoms with van der Waals surface area (Å²) in [5.41, 5.74) is 24.0. The third-order valence-corrected chi connectivity index (χ3v) is 6.87. The number of hydrogen-bond acceptors (Lipinski definition) is 8. The van der Waals surface area contributed by atoms with E-state index >= 15 is 0 Å². The lowest BCUT2D eigenvalue weighted by atomic mass is 10.0. The van der Waals surface area contributed by atoms with Crippen LogP contribution in [-0.2, 0) is 30.4 Å². The standard InChI is InChI=1S/C28H43N9O7/c29-12-4-3-8-22(27(43)44)37-25(41)20(9-5-13-33-28(31)32)36-26(42)21(10-11-23(38)39)35-24(40)18(30)14-16-15-34-19-7-2-1-6-17(16)19/h1-2,6-7,15,18,20-22,34H,3-5,8-14,29-30H2,(H,35,40)(H,36,42)(H,37,41)(H,38,39)(H,43,44)(H4,31,32,33). The summed E-state index contributed by atoms with van der Waals surface area (Å²) >= 11 is 0. The number of para-hydroxylation sites is 1. The largest absolute Gasteiger partial charge is 0.481 e. The highest BCUT2D eigenvalue weighted by molar-refractivity contribution is 5.94. The molecule has 1 aromatic carbocycles. The summed E-state index contributed by atoms with van der Waals surface area (Å²) in [6.07, 6.45) is 2.53. The first-order valence-electron chi connectivity index (χ1n) is 14.3. The third kappa shape index (κ3) is 11.9. The maximum atomic E-state index is 13.3. The van der Waals surface area contributed by atoms with Gasteiger partial charge in [0.1, 0.15) is 18.1 Å². The van der Waals surface area contributed by atoms with Crippen molar-refractivity contribution in [2.24, 2.45) is 27.9 Å². The molecule has 0 aliphatic rings. The molecule has 3 amide bonds. The van der Waals surface area contributed by atoms with E-state index in [0.717, 1.165) is 16.5 Å². The Hall–Kier alpha value is -4.70. The molecule has 4 unspecified atom stereocenters. The lowest BCUT2D eigenvalue weighted by Gasteiger charge is -2.25. The number of aromatic nitrogens is 1.